The highest BCUT2D eigenvalue weighted by Crippen LogP contribution is 2.33. The number of carbonyl (C=O) groups excluding carboxylic acids is 1. The highest BCUT2D eigenvalue weighted by molar-refractivity contribution is 6.35. The van der Waals surface area contributed by atoms with Crippen LogP contribution >= 0.6 is 11.6 Å². The van der Waals surface area contributed by atoms with Crippen molar-refractivity contribution in [3.05, 3.63) is 68.0 Å². The van der Waals surface area contributed by atoms with Gasteiger partial charge >= 0.3 is 0 Å². The molecule has 0 spiro atoms. The van der Waals surface area contributed by atoms with Gasteiger partial charge in [0, 0.05) is 11.9 Å². The molecule has 1 aliphatic rings. The highest BCUT2D eigenvalue weighted by Gasteiger charge is 2.25. The number of halogens is 1. The quantitative estimate of drug-likeness (QED) is 0.687. The minimum atomic E-state index is -0.439. The second kappa shape index (κ2) is 6.67. The Kier molecular flexibility index (Phi) is 4.42. The molecule has 1 aromatic heterocycles. The topological polar surface area (TPSA) is 60.3 Å². The van der Waals surface area contributed by atoms with E-state index in [1.54, 1.807) is 18.3 Å². The Morgan fingerprint density at radius 2 is 1.89 bits per heavy atom. The number of rotatable bonds is 2. The van der Waals surface area contributed by atoms with Crippen molar-refractivity contribution in [1.29, 1.82) is 0 Å². The third-order valence-electron chi connectivity index (χ3n) is 5.08. The number of hydrogen-bond acceptors (Lipinski definition) is 3. The number of ether oxygens (including phenoxy) is 1. The molecule has 0 radical (unpaired) electrons. The Bertz CT molecular complexity index is 1170. The van der Waals surface area contributed by atoms with Crippen LogP contribution < -0.4 is 15.5 Å². The SMILES string of the molecule is Cc1cc(C)c(NC(=O)c2cn3c4c(ccc(Cl)c4c2=O)O[C@H](C)C3)c(C)c1. The summed E-state index contributed by atoms with van der Waals surface area (Å²) in [6.07, 6.45) is 1.54. The summed E-state index contributed by atoms with van der Waals surface area (Å²) in [6, 6.07) is 7.40. The largest absolute Gasteiger partial charge is 0.487 e. The minimum Gasteiger partial charge on any atom is -0.487 e. The normalized spacial score (nSPS) is 15.4. The predicted molar refractivity (Wildman–Crippen MR) is 112 cm³/mol. The number of hydrogen-bond donors (Lipinski definition) is 1. The number of amides is 1. The number of nitrogens with zero attached hydrogens (tertiary/aromatic N) is 1. The van der Waals surface area contributed by atoms with Gasteiger partial charge in [0.1, 0.15) is 17.4 Å². The molecule has 3 aromatic rings. The monoisotopic (exact) mass is 396 g/mol. The number of benzene rings is 2. The maximum Gasteiger partial charge on any atom is 0.261 e. The fourth-order valence-corrected chi connectivity index (χ4v) is 4.19. The average molecular weight is 397 g/mol. The molecule has 0 saturated heterocycles. The van der Waals surface area contributed by atoms with Crippen LogP contribution in [0.2, 0.25) is 5.02 Å². The van der Waals surface area contributed by atoms with Gasteiger partial charge in [-0.15, -0.1) is 0 Å². The van der Waals surface area contributed by atoms with Gasteiger partial charge in [0.25, 0.3) is 5.91 Å². The van der Waals surface area contributed by atoms with Crippen molar-refractivity contribution in [2.45, 2.75) is 40.3 Å². The fraction of sp³-hybridized carbons (Fsp3) is 0.273. The third kappa shape index (κ3) is 2.96. The van der Waals surface area contributed by atoms with Gasteiger partial charge in [0.15, 0.2) is 0 Å². The average Bonchev–Trinajstić information content (AvgIpc) is 2.61. The molecule has 0 saturated carbocycles. The zero-order valence-corrected chi connectivity index (χ0v) is 17.0. The van der Waals surface area contributed by atoms with Gasteiger partial charge in [0.05, 0.1) is 22.5 Å². The van der Waals surface area contributed by atoms with Gasteiger partial charge in [-0.1, -0.05) is 29.3 Å². The van der Waals surface area contributed by atoms with E-state index in [0.717, 1.165) is 22.4 Å². The predicted octanol–water partition coefficient (Wildman–Crippen LogP) is 4.61. The Hall–Kier alpha value is -2.79. The molecule has 4 rings (SSSR count). The smallest absolute Gasteiger partial charge is 0.261 e. The Morgan fingerprint density at radius 3 is 2.57 bits per heavy atom. The lowest BCUT2D eigenvalue weighted by molar-refractivity contribution is 0.102. The lowest BCUT2D eigenvalue weighted by Crippen LogP contribution is -2.30. The molecule has 2 aromatic carbocycles. The summed E-state index contributed by atoms with van der Waals surface area (Å²) in [4.78, 5) is 26.1. The number of aryl methyl sites for hydroxylation is 3. The summed E-state index contributed by atoms with van der Waals surface area (Å²) >= 11 is 6.33. The lowest BCUT2D eigenvalue weighted by atomic mass is 10.0. The molecule has 1 amide bonds. The number of carbonyl (C=O) groups is 1. The van der Waals surface area contributed by atoms with Crippen molar-refractivity contribution in [2.75, 3.05) is 5.32 Å². The Balaban J connectivity index is 1.87. The molecule has 1 atom stereocenters. The molecule has 0 aliphatic carbocycles. The van der Waals surface area contributed by atoms with E-state index in [4.69, 9.17) is 16.3 Å². The van der Waals surface area contributed by atoms with Crippen molar-refractivity contribution in [3.63, 3.8) is 0 Å². The molecule has 6 heteroatoms. The second-order valence-electron chi connectivity index (χ2n) is 7.45. The van der Waals surface area contributed by atoms with Crippen LogP contribution in [0.25, 0.3) is 10.9 Å². The van der Waals surface area contributed by atoms with Crippen LogP contribution in [-0.2, 0) is 6.54 Å². The third-order valence-corrected chi connectivity index (χ3v) is 5.39. The van der Waals surface area contributed by atoms with Gasteiger partial charge < -0.3 is 14.6 Å². The van der Waals surface area contributed by atoms with E-state index in [0.29, 0.717) is 28.2 Å². The van der Waals surface area contributed by atoms with Crippen molar-refractivity contribution in [2.24, 2.45) is 0 Å². The van der Waals surface area contributed by atoms with E-state index < -0.39 is 11.3 Å². The van der Waals surface area contributed by atoms with Gasteiger partial charge in [-0.3, -0.25) is 9.59 Å². The van der Waals surface area contributed by atoms with E-state index in [2.05, 4.69) is 5.32 Å². The number of nitrogens with one attached hydrogen (secondary N) is 1. The summed E-state index contributed by atoms with van der Waals surface area (Å²) in [7, 11) is 0. The Labute approximate surface area is 167 Å². The van der Waals surface area contributed by atoms with Crippen LogP contribution in [0, 0.1) is 20.8 Å². The van der Waals surface area contributed by atoms with Crippen LogP contribution in [0.4, 0.5) is 5.69 Å². The number of anilines is 1. The molecule has 0 fully saturated rings. The maximum absolute atomic E-state index is 13.1. The van der Waals surface area contributed by atoms with Crippen molar-refractivity contribution in [3.8, 4) is 5.75 Å². The molecule has 28 heavy (non-hydrogen) atoms. The minimum absolute atomic E-state index is 0.0695. The molecule has 1 aliphatic heterocycles. The first-order valence-corrected chi connectivity index (χ1v) is 9.55. The van der Waals surface area contributed by atoms with Crippen molar-refractivity contribution in [1.82, 2.24) is 4.57 Å². The fourth-order valence-electron chi connectivity index (χ4n) is 3.95. The van der Waals surface area contributed by atoms with Gasteiger partial charge in [-0.2, -0.15) is 0 Å². The summed E-state index contributed by atoms with van der Waals surface area (Å²) in [5.74, 6) is 0.166. The lowest BCUT2D eigenvalue weighted by Gasteiger charge is -2.26. The molecule has 144 valence electrons. The second-order valence-corrected chi connectivity index (χ2v) is 7.86. The van der Waals surface area contributed by atoms with Crippen LogP contribution in [0.3, 0.4) is 0 Å². The van der Waals surface area contributed by atoms with Gasteiger partial charge in [0.2, 0.25) is 5.43 Å². The number of aromatic nitrogens is 1. The molecular formula is C22H21ClN2O3. The highest BCUT2D eigenvalue weighted by atomic mass is 35.5. The van der Waals surface area contributed by atoms with Crippen molar-refractivity contribution >= 4 is 34.1 Å². The first-order chi connectivity index (χ1) is 13.3. The Morgan fingerprint density at radius 1 is 1.21 bits per heavy atom. The summed E-state index contributed by atoms with van der Waals surface area (Å²) in [5.41, 5.74) is 4.07. The summed E-state index contributed by atoms with van der Waals surface area (Å²) in [6.45, 7) is 8.37. The van der Waals surface area contributed by atoms with Crippen LogP contribution in [-0.4, -0.2) is 16.6 Å². The van der Waals surface area contributed by atoms with E-state index >= 15 is 0 Å². The summed E-state index contributed by atoms with van der Waals surface area (Å²) in [5, 5.41) is 3.54. The molecular weight excluding hydrogens is 376 g/mol. The first kappa shape index (κ1) is 18.6. The zero-order valence-electron chi connectivity index (χ0n) is 16.2. The maximum atomic E-state index is 13.1. The van der Waals surface area contributed by atoms with Crippen LogP contribution in [0.15, 0.2) is 35.3 Å². The standard InChI is InChI=1S/C22H21ClN2O3/c1-11-7-12(2)19(13(3)8-11)24-22(27)15-10-25-9-14(4)28-17-6-5-16(23)18(20(17)25)21(15)26/h5-8,10,14H,9H2,1-4H3,(H,24,27)/t14-/m1/s1. The van der Waals surface area contributed by atoms with E-state index in [1.807, 2.05) is 44.4 Å². The molecule has 1 N–H and O–H groups in total. The van der Waals surface area contributed by atoms with E-state index in [-0.39, 0.29) is 11.7 Å². The van der Waals surface area contributed by atoms with Gasteiger partial charge in [-0.05, 0) is 51.0 Å². The molecule has 0 bridgehead atoms. The van der Waals surface area contributed by atoms with E-state index in [9.17, 15) is 9.59 Å². The summed E-state index contributed by atoms with van der Waals surface area (Å²) < 4.78 is 7.72. The van der Waals surface area contributed by atoms with Crippen LogP contribution in [0.1, 0.15) is 34.0 Å². The van der Waals surface area contributed by atoms with Gasteiger partial charge in [-0.25, -0.2) is 0 Å². The number of pyridine rings is 1. The molecule has 2 heterocycles. The van der Waals surface area contributed by atoms with Crippen LogP contribution in [0.5, 0.6) is 5.75 Å². The van der Waals surface area contributed by atoms with E-state index in [1.165, 1.54) is 0 Å². The molecule has 5 nitrogen and oxygen atoms in total. The zero-order chi connectivity index (χ0) is 20.2. The van der Waals surface area contributed by atoms with Crippen molar-refractivity contribution < 1.29 is 9.53 Å². The molecule has 0 unspecified atom stereocenters. The first-order valence-electron chi connectivity index (χ1n) is 9.17.